The molecule has 2 aromatic carbocycles. The van der Waals surface area contributed by atoms with Crippen molar-refractivity contribution in [1.29, 1.82) is 0 Å². The first-order chi connectivity index (χ1) is 16.1. The number of anilines is 1. The topological polar surface area (TPSA) is 67.2 Å². The summed E-state index contributed by atoms with van der Waals surface area (Å²) in [7, 11) is 1.91. The molecule has 4 rings (SSSR count). The quantitative estimate of drug-likeness (QED) is 0.475. The van der Waals surface area contributed by atoms with E-state index in [1.807, 2.05) is 71.4 Å². The van der Waals surface area contributed by atoms with Crippen LogP contribution in [-0.2, 0) is 11.3 Å². The highest BCUT2D eigenvalue weighted by atomic mass is 32.2. The van der Waals surface area contributed by atoms with Crippen molar-refractivity contribution in [2.45, 2.75) is 49.6 Å². The first-order valence-electron chi connectivity index (χ1n) is 11.5. The number of hydrogen-bond acceptors (Lipinski definition) is 4. The molecule has 0 saturated heterocycles. The molecule has 1 saturated carbocycles. The summed E-state index contributed by atoms with van der Waals surface area (Å²) >= 11 is 1.43. The molecule has 2 amide bonds. The van der Waals surface area contributed by atoms with Crippen molar-refractivity contribution in [3.63, 3.8) is 0 Å². The summed E-state index contributed by atoms with van der Waals surface area (Å²) in [5.41, 5.74) is 2.42. The Morgan fingerprint density at radius 3 is 2.55 bits per heavy atom. The second kappa shape index (κ2) is 11.2. The Balaban J connectivity index is 1.35. The first kappa shape index (κ1) is 23.1. The molecule has 1 N–H and O–H groups in total. The fraction of sp³-hybridized carbons (Fsp3) is 0.346. The smallest absolute Gasteiger partial charge is 0.256 e. The molecule has 1 heterocycles. The number of carbonyl (C=O) groups is 2. The van der Waals surface area contributed by atoms with Crippen molar-refractivity contribution in [1.82, 2.24) is 14.7 Å². The summed E-state index contributed by atoms with van der Waals surface area (Å²) in [6.07, 6.45) is 9.51. The van der Waals surface area contributed by atoms with E-state index in [1.165, 1.54) is 31.0 Å². The SMILES string of the molecule is CN(C(=O)CSc1ccccc1C(=O)Nc1ccc(Cn2cccn2)cc1)C1CCCCC1. The highest BCUT2D eigenvalue weighted by Gasteiger charge is 2.22. The zero-order valence-electron chi connectivity index (χ0n) is 18.9. The third-order valence-corrected chi connectivity index (χ3v) is 7.17. The van der Waals surface area contributed by atoms with Crippen LogP contribution in [-0.4, -0.2) is 45.3 Å². The maximum absolute atomic E-state index is 13.0. The minimum Gasteiger partial charge on any atom is -0.342 e. The molecule has 0 aliphatic heterocycles. The lowest BCUT2D eigenvalue weighted by Crippen LogP contribution is -2.39. The van der Waals surface area contributed by atoms with Crippen LogP contribution in [0.15, 0.2) is 71.9 Å². The highest BCUT2D eigenvalue weighted by Crippen LogP contribution is 2.26. The molecular formula is C26H30N4O2S. The van der Waals surface area contributed by atoms with Crippen molar-refractivity contribution >= 4 is 29.3 Å². The third-order valence-electron chi connectivity index (χ3n) is 6.11. The van der Waals surface area contributed by atoms with Crippen LogP contribution in [0.1, 0.15) is 48.0 Å². The lowest BCUT2D eigenvalue weighted by Gasteiger charge is -2.31. The Morgan fingerprint density at radius 1 is 1.06 bits per heavy atom. The van der Waals surface area contributed by atoms with Crippen molar-refractivity contribution in [3.05, 3.63) is 78.1 Å². The molecule has 1 aliphatic carbocycles. The number of nitrogens with one attached hydrogen (secondary N) is 1. The van der Waals surface area contributed by atoms with Crippen LogP contribution in [0, 0.1) is 0 Å². The fourth-order valence-corrected chi connectivity index (χ4v) is 5.14. The molecule has 6 nitrogen and oxygen atoms in total. The number of benzene rings is 2. The minimum atomic E-state index is -0.175. The Kier molecular flexibility index (Phi) is 7.83. The third kappa shape index (κ3) is 6.26. The van der Waals surface area contributed by atoms with E-state index in [0.29, 0.717) is 23.9 Å². The predicted molar refractivity (Wildman–Crippen MR) is 133 cm³/mol. The number of carbonyl (C=O) groups excluding carboxylic acids is 2. The Bertz CT molecular complexity index is 1060. The van der Waals surface area contributed by atoms with Gasteiger partial charge in [0.05, 0.1) is 17.9 Å². The molecule has 0 radical (unpaired) electrons. The van der Waals surface area contributed by atoms with E-state index in [4.69, 9.17) is 0 Å². The summed E-state index contributed by atoms with van der Waals surface area (Å²) < 4.78 is 1.86. The molecule has 0 spiro atoms. The predicted octanol–water partition coefficient (Wildman–Crippen LogP) is 5.07. The lowest BCUT2D eigenvalue weighted by molar-refractivity contribution is -0.129. The van der Waals surface area contributed by atoms with Crippen molar-refractivity contribution in [3.8, 4) is 0 Å². The van der Waals surface area contributed by atoms with E-state index in [1.54, 1.807) is 12.3 Å². The van der Waals surface area contributed by atoms with Crippen LogP contribution in [0.2, 0.25) is 0 Å². The highest BCUT2D eigenvalue weighted by molar-refractivity contribution is 8.00. The van der Waals surface area contributed by atoms with Gasteiger partial charge in [0, 0.05) is 36.1 Å². The van der Waals surface area contributed by atoms with E-state index in [2.05, 4.69) is 10.4 Å². The summed E-state index contributed by atoms with van der Waals surface area (Å²) in [6, 6.07) is 17.5. The number of thioether (sulfide) groups is 1. The van der Waals surface area contributed by atoms with Gasteiger partial charge in [0.1, 0.15) is 0 Å². The van der Waals surface area contributed by atoms with Gasteiger partial charge in [0.2, 0.25) is 5.91 Å². The molecule has 0 unspecified atom stereocenters. The average Bonchev–Trinajstić information content (AvgIpc) is 3.37. The van der Waals surface area contributed by atoms with E-state index in [9.17, 15) is 9.59 Å². The molecule has 1 aliphatic rings. The molecule has 33 heavy (non-hydrogen) atoms. The molecule has 1 fully saturated rings. The van der Waals surface area contributed by atoms with Crippen LogP contribution in [0.4, 0.5) is 5.69 Å². The molecule has 3 aromatic rings. The van der Waals surface area contributed by atoms with E-state index < -0.39 is 0 Å². The number of hydrogen-bond donors (Lipinski definition) is 1. The summed E-state index contributed by atoms with van der Waals surface area (Å²) in [5.74, 6) is 0.278. The number of aromatic nitrogens is 2. The molecule has 7 heteroatoms. The summed E-state index contributed by atoms with van der Waals surface area (Å²) in [5, 5.41) is 7.19. The van der Waals surface area contributed by atoms with Gasteiger partial charge >= 0.3 is 0 Å². The van der Waals surface area contributed by atoms with Gasteiger partial charge in [-0.2, -0.15) is 5.10 Å². The Hall–Kier alpha value is -3.06. The maximum Gasteiger partial charge on any atom is 0.256 e. The van der Waals surface area contributed by atoms with Crippen LogP contribution in [0.3, 0.4) is 0 Å². The van der Waals surface area contributed by atoms with Crippen molar-refractivity contribution in [2.75, 3.05) is 18.1 Å². The fourth-order valence-electron chi connectivity index (χ4n) is 4.17. The molecule has 1 aromatic heterocycles. The van der Waals surface area contributed by atoms with Crippen LogP contribution < -0.4 is 5.32 Å². The van der Waals surface area contributed by atoms with Crippen LogP contribution >= 0.6 is 11.8 Å². The summed E-state index contributed by atoms with van der Waals surface area (Å²) in [4.78, 5) is 28.4. The number of rotatable bonds is 8. The average molecular weight is 463 g/mol. The van der Waals surface area contributed by atoms with E-state index in [0.717, 1.165) is 29.0 Å². The van der Waals surface area contributed by atoms with Crippen LogP contribution in [0.25, 0.3) is 0 Å². The van der Waals surface area contributed by atoms with Gasteiger partial charge in [0.15, 0.2) is 0 Å². The summed E-state index contributed by atoms with van der Waals surface area (Å²) in [6.45, 7) is 0.685. The maximum atomic E-state index is 13.0. The van der Waals surface area contributed by atoms with E-state index >= 15 is 0 Å². The lowest BCUT2D eigenvalue weighted by atomic mass is 9.94. The van der Waals surface area contributed by atoms with Gasteiger partial charge in [-0.3, -0.25) is 14.3 Å². The Morgan fingerprint density at radius 2 is 1.82 bits per heavy atom. The second-order valence-electron chi connectivity index (χ2n) is 8.44. The molecule has 0 bridgehead atoms. The zero-order valence-corrected chi connectivity index (χ0v) is 19.8. The first-order valence-corrected chi connectivity index (χ1v) is 12.4. The number of amides is 2. The monoisotopic (exact) mass is 462 g/mol. The Labute approximate surface area is 199 Å². The van der Waals surface area contributed by atoms with Gasteiger partial charge < -0.3 is 10.2 Å². The van der Waals surface area contributed by atoms with Crippen molar-refractivity contribution < 1.29 is 9.59 Å². The van der Waals surface area contributed by atoms with Crippen LogP contribution in [0.5, 0.6) is 0 Å². The molecule has 0 atom stereocenters. The largest absolute Gasteiger partial charge is 0.342 e. The van der Waals surface area contributed by atoms with Crippen molar-refractivity contribution in [2.24, 2.45) is 0 Å². The van der Waals surface area contributed by atoms with E-state index in [-0.39, 0.29) is 11.8 Å². The molecular weight excluding hydrogens is 432 g/mol. The van der Waals surface area contributed by atoms with Gasteiger partial charge in [-0.25, -0.2) is 0 Å². The van der Waals surface area contributed by atoms with Gasteiger partial charge in [-0.05, 0) is 48.7 Å². The normalized spacial score (nSPS) is 14.1. The minimum absolute atomic E-state index is 0.120. The zero-order chi connectivity index (χ0) is 23.0. The second-order valence-corrected chi connectivity index (χ2v) is 9.45. The van der Waals surface area contributed by atoms with Gasteiger partial charge in [-0.15, -0.1) is 11.8 Å². The standard InChI is InChI=1S/C26H30N4O2S/c1-29(22-8-3-2-4-9-22)25(31)19-33-24-11-6-5-10-23(24)26(32)28-21-14-12-20(13-15-21)18-30-17-7-16-27-30/h5-7,10-17,22H,2-4,8-9,18-19H2,1H3,(H,28,32). The molecule has 172 valence electrons. The van der Waals surface area contributed by atoms with Gasteiger partial charge in [-0.1, -0.05) is 43.5 Å². The number of nitrogens with zero attached hydrogens (tertiary/aromatic N) is 3. The van der Waals surface area contributed by atoms with Gasteiger partial charge in [0.25, 0.3) is 5.91 Å².